The normalized spacial score (nSPS) is 11.1. The zero-order chi connectivity index (χ0) is 19.3. The molecule has 0 spiro atoms. The van der Waals surface area contributed by atoms with Crippen LogP contribution in [-0.4, -0.2) is 19.1 Å². The van der Waals surface area contributed by atoms with E-state index in [2.05, 4.69) is 19.1 Å². The molecule has 0 N–H and O–H groups in total. The lowest BCUT2D eigenvalue weighted by Gasteiger charge is -2.12. The predicted molar refractivity (Wildman–Crippen MR) is 118 cm³/mol. The topological polar surface area (TPSA) is 18.5 Å². The number of hydrogen-bond donors (Lipinski definition) is 0. The third kappa shape index (κ3) is 7.79. The second-order valence-corrected chi connectivity index (χ2v) is 7.73. The highest BCUT2D eigenvalue weighted by atomic mass is 35.5. The van der Waals surface area contributed by atoms with Crippen LogP contribution in [0.2, 0.25) is 5.02 Å². The Kier molecular flexibility index (Phi) is 10.8. The lowest BCUT2D eigenvalue weighted by atomic mass is 10.1. The molecular weight excluding hydrogens is 379 g/mol. The summed E-state index contributed by atoms with van der Waals surface area (Å²) < 4.78 is 11.7. The zero-order valence-electron chi connectivity index (χ0n) is 16.4. The van der Waals surface area contributed by atoms with Crippen LogP contribution in [0.5, 0.6) is 11.5 Å². The lowest BCUT2D eigenvalue weighted by Crippen LogP contribution is -1.99. The maximum atomic E-state index is 6.56. The molecule has 0 saturated heterocycles. The van der Waals surface area contributed by atoms with Gasteiger partial charge in [0.05, 0.1) is 18.2 Å². The van der Waals surface area contributed by atoms with Crippen LogP contribution in [0.25, 0.3) is 10.8 Å². The van der Waals surface area contributed by atoms with Crippen molar-refractivity contribution in [3.05, 3.63) is 35.4 Å². The van der Waals surface area contributed by atoms with E-state index in [-0.39, 0.29) is 0 Å². The molecule has 0 aromatic heterocycles. The summed E-state index contributed by atoms with van der Waals surface area (Å²) in [6.45, 7) is 3.67. The highest BCUT2D eigenvalue weighted by molar-refractivity contribution is 6.37. The van der Waals surface area contributed by atoms with Crippen LogP contribution in [0.4, 0.5) is 0 Å². The van der Waals surface area contributed by atoms with E-state index < -0.39 is 0 Å². The molecule has 2 rings (SSSR count). The smallest absolute Gasteiger partial charge is 0.138 e. The number of alkyl halides is 1. The highest BCUT2D eigenvalue weighted by Gasteiger charge is 2.08. The van der Waals surface area contributed by atoms with Crippen LogP contribution < -0.4 is 9.47 Å². The van der Waals surface area contributed by atoms with Crippen LogP contribution in [0.15, 0.2) is 30.3 Å². The van der Waals surface area contributed by atoms with Gasteiger partial charge in [0.15, 0.2) is 0 Å². The quantitative estimate of drug-likeness (QED) is 0.231. The third-order valence-electron chi connectivity index (χ3n) is 4.69. The van der Waals surface area contributed by atoms with E-state index >= 15 is 0 Å². The minimum Gasteiger partial charge on any atom is -0.494 e. The first kappa shape index (κ1) is 22.2. The van der Waals surface area contributed by atoms with E-state index in [0.717, 1.165) is 54.0 Å². The van der Waals surface area contributed by atoms with Gasteiger partial charge in [0.1, 0.15) is 11.5 Å². The Hall–Kier alpha value is -1.12. The van der Waals surface area contributed by atoms with Crippen molar-refractivity contribution in [2.24, 2.45) is 0 Å². The van der Waals surface area contributed by atoms with E-state index in [1.54, 1.807) is 0 Å². The number of ether oxygens (including phenoxy) is 2. The first-order chi connectivity index (χ1) is 13.3. The molecule has 0 heterocycles. The summed E-state index contributed by atoms with van der Waals surface area (Å²) >= 11 is 12.2. The Labute approximate surface area is 174 Å². The van der Waals surface area contributed by atoms with Crippen molar-refractivity contribution in [3.8, 4) is 11.5 Å². The van der Waals surface area contributed by atoms with Gasteiger partial charge in [-0.15, -0.1) is 11.6 Å². The van der Waals surface area contributed by atoms with Crippen molar-refractivity contribution >= 4 is 34.0 Å². The van der Waals surface area contributed by atoms with Crippen molar-refractivity contribution in [3.63, 3.8) is 0 Å². The fourth-order valence-electron chi connectivity index (χ4n) is 3.08. The lowest BCUT2D eigenvalue weighted by molar-refractivity contribution is 0.304. The number of rotatable bonds is 14. The molecule has 0 unspecified atom stereocenters. The molecule has 0 radical (unpaired) electrons. The maximum absolute atomic E-state index is 6.56. The third-order valence-corrected chi connectivity index (χ3v) is 5.35. The molecule has 0 aliphatic rings. The monoisotopic (exact) mass is 410 g/mol. The van der Waals surface area contributed by atoms with Gasteiger partial charge in [0, 0.05) is 11.3 Å². The molecule has 0 atom stereocenters. The van der Waals surface area contributed by atoms with Crippen molar-refractivity contribution in [1.29, 1.82) is 0 Å². The fourth-order valence-corrected chi connectivity index (χ4v) is 3.56. The summed E-state index contributed by atoms with van der Waals surface area (Å²) in [5, 5.41) is 2.78. The van der Waals surface area contributed by atoms with Crippen LogP contribution in [0.3, 0.4) is 0 Å². The van der Waals surface area contributed by atoms with Crippen LogP contribution in [-0.2, 0) is 0 Å². The number of hydrogen-bond acceptors (Lipinski definition) is 2. The standard InChI is InChI=1S/C23H32Cl2O2/c1-2-3-9-16-26-20-12-13-21-19(18-20)11-14-22(23(21)25)27-17-10-7-5-4-6-8-15-24/h11-14,18H,2-10,15-17H2,1H3. The zero-order valence-corrected chi connectivity index (χ0v) is 18.0. The van der Waals surface area contributed by atoms with E-state index in [9.17, 15) is 0 Å². The van der Waals surface area contributed by atoms with Gasteiger partial charge in [-0.05, 0) is 48.9 Å². The molecular formula is C23H32Cl2O2. The Morgan fingerprint density at radius 2 is 1.48 bits per heavy atom. The Morgan fingerprint density at radius 3 is 2.26 bits per heavy atom. The fraction of sp³-hybridized carbons (Fsp3) is 0.565. The Balaban J connectivity index is 1.81. The Bertz CT molecular complexity index is 673. The van der Waals surface area contributed by atoms with Gasteiger partial charge in [0.2, 0.25) is 0 Å². The van der Waals surface area contributed by atoms with E-state index in [1.807, 2.05) is 18.2 Å². The van der Waals surface area contributed by atoms with Gasteiger partial charge >= 0.3 is 0 Å². The summed E-state index contributed by atoms with van der Waals surface area (Å²) in [5.74, 6) is 2.44. The predicted octanol–water partition coefficient (Wildman–Crippen LogP) is 8.02. The van der Waals surface area contributed by atoms with Gasteiger partial charge < -0.3 is 9.47 Å². The van der Waals surface area contributed by atoms with Crippen molar-refractivity contribution in [1.82, 2.24) is 0 Å². The van der Waals surface area contributed by atoms with Gasteiger partial charge in [0.25, 0.3) is 0 Å². The summed E-state index contributed by atoms with van der Waals surface area (Å²) in [6, 6.07) is 10.1. The Morgan fingerprint density at radius 1 is 0.778 bits per heavy atom. The molecule has 0 saturated carbocycles. The van der Waals surface area contributed by atoms with Crippen LogP contribution in [0.1, 0.15) is 64.7 Å². The van der Waals surface area contributed by atoms with E-state index in [1.165, 1.54) is 38.5 Å². The van der Waals surface area contributed by atoms with E-state index in [4.69, 9.17) is 32.7 Å². The SMILES string of the molecule is CCCCCOc1ccc2c(Cl)c(OCCCCCCCCCl)ccc2c1. The molecule has 0 bridgehead atoms. The van der Waals surface area contributed by atoms with Crippen LogP contribution in [0, 0.1) is 0 Å². The van der Waals surface area contributed by atoms with Gasteiger partial charge in [-0.2, -0.15) is 0 Å². The van der Waals surface area contributed by atoms with Crippen LogP contribution >= 0.6 is 23.2 Å². The molecule has 2 nitrogen and oxygen atoms in total. The molecule has 0 aliphatic heterocycles. The minimum absolute atomic E-state index is 0.687. The molecule has 27 heavy (non-hydrogen) atoms. The second kappa shape index (κ2) is 13.1. The molecule has 0 amide bonds. The average molecular weight is 411 g/mol. The largest absolute Gasteiger partial charge is 0.494 e. The first-order valence-electron chi connectivity index (χ1n) is 10.3. The summed E-state index contributed by atoms with van der Waals surface area (Å²) in [6.07, 6.45) is 10.6. The summed E-state index contributed by atoms with van der Waals surface area (Å²) in [4.78, 5) is 0. The number of unbranched alkanes of at least 4 members (excludes halogenated alkanes) is 7. The maximum Gasteiger partial charge on any atom is 0.138 e. The van der Waals surface area contributed by atoms with Gasteiger partial charge in [-0.25, -0.2) is 0 Å². The van der Waals surface area contributed by atoms with Crippen molar-refractivity contribution < 1.29 is 9.47 Å². The molecule has 4 heteroatoms. The number of fused-ring (bicyclic) bond motifs is 1. The van der Waals surface area contributed by atoms with E-state index in [0.29, 0.717) is 11.6 Å². The first-order valence-corrected chi connectivity index (χ1v) is 11.2. The highest BCUT2D eigenvalue weighted by Crippen LogP contribution is 2.34. The molecule has 2 aromatic carbocycles. The molecule has 150 valence electrons. The molecule has 0 aliphatic carbocycles. The summed E-state index contributed by atoms with van der Waals surface area (Å²) in [5.41, 5.74) is 0. The van der Waals surface area contributed by atoms with Crippen molar-refractivity contribution in [2.45, 2.75) is 64.7 Å². The molecule has 0 fully saturated rings. The van der Waals surface area contributed by atoms with Gasteiger partial charge in [-0.1, -0.05) is 63.1 Å². The second-order valence-electron chi connectivity index (χ2n) is 6.97. The molecule has 2 aromatic rings. The van der Waals surface area contributed by atoms with Crippen molar-refractivity contribution in [2.75, 3.05) is 19.1 Å². The average Bonchev–Trinajstić information content (AvgIpc) is 2.69. The number of halogens is 2. The minimum atomic E-state index is 0.687. The number of benzene rings is 2. The van der Waals surface area contributed by atoms with Gasteiger partial charge in [-0.3, -0.25) is 0 Å². The summed E-state index contributed by atoms with van der Waals surface area (Å²) in [7, 11) is 0.